The topological polar surface area (TPSA) is 112 Å². The number of aryl methyl sites for hydroxylation is 2. The molecule has 0 aliphatic carbocycles. The molecule has 3 aromatic carbocycles. The molecule has 3 aromatic rings. The van der Waals surface area contributed by atoms with Crippen LogP contribution in [-0.2, 0) is 4.79 Å². The molecule has 0 spiro atoms. The predicted molar refractivity (Wildman–Crippen MR) is 204 cm³/mol. The Kier molecular flexibility index (Phi) is 15.7. The number of nitrogens with one attached hydrogen (secondary N) is 3. The second-order valence-corrected chi connectivity index (χ2v) is 12.6. The zero-order valence-corrected chi connectivity index (χ0v) is 31.6. The number of anilines is 3. The minimum atomic E-state index is -1.29. The molecule has 0 heterocycles. The van der Waals surface area contributed by atoms with Gasteiger partial charge in [0, 0.05) is 44.0 Å². The van der Waals surface area contributed by atoms with Crippen molar-refractivity contribution in [2.45, 2.75) is 87.2 Å². The van der Waals surface area contributed by atoms with Gasteiger partial charge in [0.15, 0.2) is 5.75 Å². The van der Waals surface area contributed by atoms with E-state index in [2.05, 4.69) is 41.6 Å². The van der Waals surface area contributed by atoms with Gasteiger partial charge < -0.3 is 30.3 Å². The van der Waals surface area contributed by atoms with Crippen LogP contribution in [0.15, 0.2) is 48.5 Å². The Labute approximate surface area is 302 Å². The molecule has 11 heteroatoms. The largest absolute Gasteiger partial charge is 0.475 e. The van der Waals surface area contributed by atoms with Crippen LogP contribution in [0.25, 0.3) is 0 Å². The van der Waals surface area contributed by atoms with E-state index >= 15 is 0 Å². The molecule has 0 radical (unpaired) electrons. The fourth-order valence-corrected chi connectivity index (χ4v) is 5.80. The molecule has 4 amide bonds. The summed E-state index contributed by atoms with van der Waals surface area (Å²) in [6.45, 7) is 18.6. The lowest BCUT2D eigenvalue weighted by Crippen LogP contribution is -2.38. The van der Waals surface area contributed by atoms with Crippen LogP contribution in [0.1, 0.15) is 88.7 Å². The molecule has 50 heavy (non-hydrogen) atoms. The molecular formula is C39H54ClN5O5. The van der Waals surface area contributed by atoms with E-state index in [0.717, 1.165) is 55.6 Å². The molecule has 0 fully saturated rings. The predicted octanol–water partition coefficient (Wildman–Crippen LogP) is 8.90. The van der Waals surface area contributed by atoms with Gasteiger partial charge in [-0.3, -0.25) is 9.69 Å². The Morgan fingerprint density at radius 3 is 2.00 bits per heavy atom. The van der Waals surface area contributed by atoms with E-state index < -0.39 is 18.1 Å². The quantitative estimate of drug-likeness (QED) is 0.121. The number of nitrogens with zero attached hydrogens (tertiary/aromatic N) is 2. The van der Waals surface area contributed by atoms with Crippen molar-refractivity contribution in [1.82, 2.24) is 16.0 Å². The molecule has 3 N–H and O–H groups in total. The highest BCUT2D eigenvalue weighted by atomic mass is 35.5. The Bertz CT molecular complexity index is 1590. The number of hydrogen-bond donors (Lipinski definition) is 3. The summed E-state index contributed by atoms with van der Waals surface area (Å²) in [7, 11) is 0. The molecule has 0 saturated heterocycles. The number of unbranched alkanes of at least 4 members (excludes halogenated alkanes) is 2. The lowest BCUT2D eigenvalue weighted by atomic mass is 10.0. The van der Waals surface area contributed by atoms with Crippen molar-refractivity contribution in [3.63, 3.8) is 0 Å². The average Bonchev–Trinajstić information content (AvgIpc) is 3.09. The van der Waals surface area contributed by atoms with E-state index in [1.807, 2.05) is 64.1 Å². The van der Waals surface area contributed by atoms with Crippen molar-refractivity contribution in [1.29, 1.82) is 0 Å². The van der Waals surface area contributed by atoms with Gasteiger partial charge in [-0.15, -0.1) is 0 Å². The van der Waals surface area contributed by atoms with Gasteiger partial charge in [0.2, 0.25) is 6.10 Å². The average molecular weight is 708 g/mol. The van der Waals surface area contributed by atoms with Gasteiger partial charge in [0.1, 0.15) is 5.75 Å². The number of ether oxygens (including phenoxy) is 2. The highest BCUT2D eigenvalue weighted by Gasteiger charge is 2.33. The van der Waals surface area contributed by atoms with Gasteiger partial charge >= 0.3 is 12.1 Å². The summed E-state index contributed by atoms with van der Waals surface area (Å²) in [6.07, 6.45) is 1.35. The zero-order chi connectivity index (χ0) is 36.8. The van der Waals surface area contributed by atoms with Gasteiger partial charge in [-0.05, 0) is 102 Å². The number of halogens is 1. The van der Waals surface area contributed by atoms with Crippen LogP contribution in [0, 0.1) is 20.8 Å². The van der Waals surface area contributed by atoms with E-state index in [0.29, 0.717) is 42.3 Å². The molecule has 3 rings (SSSR count). The number of amides is 4. The van der Waals surface area contributed by atoms with E-state index in [1.165, 1.54) is 0 Å². The fraction of sp³-hybridized carbons (Fsp3) is 0.462. The summed E-state index contributed by atoms with van der Waals surface area (Å²) in [5.41, 5.74) is 4.56. The molecule has 0 aromatic heterocycles. The van der Waals surface area contributed by atoms with Crippen LogP contribution in [-0.4, -0.2) is 50.8 Å². The second kappa shape index (κ2) is 19.7. The molecule has 0 bridgehead atoms. The number of carbonyl (C=O) groups excluding carboxylic acids is 3. The van der Waals surface area contributed by atoms with E-state index in [1.54, 1.807) is 24.0 Å². The minimum Gasteiger partial charge on any atom is -0.475 e. The Balaban J connectivity index is 2.31. The van der Waals surface area contributed by atoms with Crippen LogP contribution in [0.2, 0.25) is 5.02 Å². The Hall–Kier alpha value is -4.44. The lowest BCUT2D eigenvalue weighted by Gasteiger charge is -2.29. The van der Waals surface area contributed by atoms with Crippen molar-refractivity contribution in [3.8, 4) is 11.5 Å². The van der Waals surface area contributed by atoms with E-state index in [-0.39, 0.29) is 22.4 Å². The summed E-state index contributed by atoms with van der Waals surface area (Å²) < 4.78 is 12.3. The number of urea groups is 1. The molecule has 1 atom stereocenters. The maximum atomic E-state index is 14.1. The molecule has 0 aliphatic heterocycles. The molecular weight excluding hydrogens is 654 g/mol. The number of likely N-dealkylation sites (N-methyl/N-ethyl adjacent to an activating group) is 1. The molecule has 1 unspecified atom stereocenters. The molecule has 0 saturated carbocycles. The molecule has 272 valence electrons. The highest BCUT2D eigenvalue weighted by Crippen LogP contribution is 2.44. The first-order valence-corrected chi connectivity index (χ1v) is 18.1. The normalized spacial score (nSPS) is 11.4. The number of rotatable bonds is 17. The summed E-state index contributed by atoms with van der Waals surface area (Å²) in [5.74, 6) is -0.00660. The van der Waals surface area contributed by atoms with Crippen LogP contribution < -0.4 is 35.2 Å². The summed E-state index contributed by atoms with van der Waals surface area (Å²) in [6, 6.07) is 14.7. The fourth-order valence-electron chi connectivity index (χ4n) is 5.56. The Morgan fingerprint density at radius 1 is 0.800 bits per heavy atom. The van der Waals surface area contributed by atoms with Gasteiger partial charge in [-0.1, -0.05) is 56.0 Å². The number of carbonyl (C=O) groups is 3. The van der Waals surface area contributed by atoms with Crippen LogP contribution in [0.4, 0.5) is 26.7 Å². The third kappa shape index (κ3) is 10.3. The van der Waals surface area contributed by atoms with Crippen molar-refractivity contribution in [3.05, 3.63) is 75.8 Å². The molecule has 0 aliphatic rings. The highest BCUT2D eigenvalue weighted by molar-refractivity contribution is 6.33. The molecule has 10 nitrogen and oxygen atoms in total. The number of hydrogen-bond acceptors (Lipinski definition) is 6. The van der Waals surface area contributed by atoms with Gasteiger partial charge in [0.05, 0.1) is 16.4 Å². The third-order valence-corrected chi connectivity index (χ3v) is 8.85. The monoisotopic (exact) mass is 707 g/mol. The zero-order valence-electron chi connectivity index (χ0n) is 30.9. The maximum absolute atomic E-state index is 14.1. The van der Waals surface area contributed by atoms with Crippen molar-refractivity contribution >= 4 is 46.7 Å². The first-order valence-electron chi connectivity index (χ1n) is 17.7. The number of benzene rings is 3. The van der Waals surface area contributed by atoms with E-state index in [9.17, 15) is 14.4 Å². The summed E-state index contributed by atoms with van der Waals surface area (Å²) >= 11 is 7.10. The van der Waals surface area contributed by atoms with Crippen molar-refractivity contribution in [2.24, 2.45) is 0 Å². The Morgan fingerprint density at radius 2 is 1.42 bits per heavy atom. The van der Waals surface area contributed by atoms with Crippen LogP contribution in [0.3, 0.4) is 0 Å². The standard InChI is InChI=1S/C39H54ClN5O5/c1-9-14-22-42-38(47)45(30-19-17-29(18-20-30)44(12-4)13-5)32-25-31(35(34(40)28(32)8)50-39(48)43-23-15-10-2)36(37(46)41-11-3)49-33-21-16-26(6)24-27(33)7/h16-21,24-25,36H,9-15,22-23H2,1-8H3,(H,41,46)(H,42,47)(H,43,48). The van der Waals surface area contributed by atoms with E-state index in [4.69, 9.17) is 21.1 Å². The van der Waals surface area contributed by atoms with Gasteiger partial charge in [-0.2, -0.15) is 0 Å². The van der Waals surface area contributed by atoms with Gasteiger partial charge in [-0.25, -0.2) is 9.59 Å². The van der Waals surface area contributed by atoms with Crippen molar-refractivity contribution in [2.75, 3.05) is 42.5 Å². The van der Waals surface area contributed by atoms with Crippen LogP contribution >= 0.6 is 11.6 Å². The smallest absolute Gasteiger partial charge is 0.412 e. The van der Waals surface area contributed by atoms with Crippen molar-refractivity contribution < 1.29 is 23.9 Å². The SMILES string of the molecule is CCCCNC(=O)Oc1c(C(Oc2ccc(C)cc2C)C(=O)NCC)cc(N(C(=O)NCCCC)c2ccc(N(CC)CC)cc2)c(C)c1Cl. The lowest BCUT2D eigenvalue weighted by molar-refractivity contribution is -0.128. The second-order valence-electron chi connectivity index (χ2n) is 12.2. The van der Waals surface area contributed by atoms with Crippen LogP contribution in [0.5, 0.6) is 11.5 Å². The van der Waals surface area contributed by atoms with Gasteiger partial charge in [0.25, 0.3) is 5.91 Å². The first kappa shape index (κ1) is 40.0. The minimum absolute atomic E-state index is 0.0221. The maximum Gasteiger partial charge on any atom is 0.412 e. The summed E-state index contributed by atoms with van der Waals surface area (Å²) in [5, 5.41) is 8.73. The first-order chi connectivity index (χ1) is 24.0. The summed E-state index contributed by atoms with van der Waals surface area (Å²) in [4.78, 5) is 44.8. The third-order valence-electron chi connectivity index (χ3n) is 8.40.